The van der Waals surface area contributed by atoms with Crippen LogP contribution in [0.15, 0.2) is 71.9 Å². The van der Waals surface area contributed by atoms with Crippen LogP contribution in [0.3, 0.4) is 0 Å². The maximum Gasteiger partial charge on any atom is 0.500 e. The molecule has 0 spiro atoms. The van der Waals surface area contributed by atoms with Crippen LogP contribution in [0.5, 0.6) is 0 Å². The minimum Gasteiger partial charge on any atom is -0.443 e. The van der Waals surface area contributed by atoms with Gasteiger partial charge in [-0.25, -0.2) is 4.98 Å². The van der Waals surface area contributed by atoms with Crippen LogP contribution in [-0.4, -0.2) is 46.0 Å². The summed E-state index contributed by atoms with van der Waals surface area (Å²) in [6, 6.07) is 21.6. The minimum absolute atomic E-state index is 0.223. The molecule has 278 valence electrons. The highest BCUT2D eigenvalue weighted by Crippen LogP contribution is 2.38. The molecule has 4 rings (SSSR count). The SMILES string of the molecule is CC(C)(C)C(=O)OCOC(CSc1nc2cc(-c3ccc(-c4ccccc4)cc3)c(Cl)cc2n1COC(=O)C(C)(C)C)(O[PH+]=O)OC(=O)C(C)(C)C. The second kappa shape index (κ2) is 16.5. The Morgan fingerprint density at radius 2 is 1.33 bits per heavy atom. The maximum absolute atomic E-state index is 13.1. The van der Waals surface area contributed by atoms with E-state index in [4.69, 9.17) is 40.1 Å². The monoisotopic (exact) mass is 771 g/mol. The third kappa shape index (κ3) is 10.4. The predicted octanol–water partition coefficient (Wildman–Crippen LogP) is 9.42. The van der Waals surface area contributed by atoms with Gasteiger partial charge in [0, 0.05) is 5.56 Å². The van der Waals surface area contributed by atoms with Gasteiger partial charge in [-0.3, -0.25) is 23.7 Å². The number of hydrogen-bond acceptors (Lipinski definition) is 11. The van der Waals surface area contributed by atoms with E-state index in [9.17, 15) is 18.9 Å². The average molecular weight is 772 g/mol. The Hall–Kier alpha value is -3.80. The highest BCUT2D eigenvalue weighted by atomic mass is 35.5. The summed E-state index contributed by atoms with van der Waals surface area (Å²) in [5.41, 5.74) is 2.20. The summed E-state index contributed by atoms with van der Waals surface area (Å²) in [6.07, 6.45) is 0. The summed E-state index contributed by atoms with van der Waals surface area (Å²) in [6.45, 7) is 14.2. The van der Waals surface area contributed by atoms with Crippen molar-refractivity contribution in [1.82, 2.24) is 9.55 Å². The Morgan fingerprint density at radius 1 is 0.769 bits per heavy atom. The van der Waals surface area contributed by atoms with E-state index in [-0.39, 0.29) is 12.5 Å². The number of aromatic nitrogens is 2. The number of carbonyl (C=O) groups excluding carboxylic acids is 3. The third-order valence-corrected chi connectivity index (χ3v) is 9.33. The van der Waals surface area contributed by atoms with Crippen LogP contribution in [0.25, 0.3) is 33.3 Å². The first-order valence-corrected chi connectivity index (χ1v) is 18.7. The fourth-order valence-corrected chi connectivity index (χ4v) is 6.12. The van der Waals surface area contributed by atoms with Crippen molar-refractivity contribution >= 4 is 61.0 Å². The number of esters is 3. The van der Waals surface area contributed by atoms with E-state index in [1.807, 2.05) is 60.7 Å². The van der Waals surface area contributed by atoms with Gasteiger partial charge in [-0.15, -0.1) is 0 Å². The molecule has 1 heterocycles. The van der Waals surface area contributed by atoms with E-state index in [2.05, 4.69) is 0 Å². The summed E-state index contributed by atoms with van der Waals surface area (Å²) >= 11 is 7.91. The van der Waals surface area contributed by atoms with E-state index < -0.39 is 55.6 Å². The van der Waals surface area contributed by atoms with E-state index in [1.165, 1.54) is 0 Å². The van der Waals surface area contributed by atoms with Crippen LogP contribution < -0.4 is 0 Å². The van der Waals surface area contributed by atoms with Crippen molar-refractivity contribution in [3.8, 4) is 22.3 Å². The molecule has 2 atom stereocenters. The van der Waals surface area contributed by atoms with Crippen molar-refractivity contribution in [3.63, 3.8) is 0 Å². The van der Waals surface area contributed by atoms with Gasteiger partial charge in [-0.1, -0.05) is 82.5 Å². The molecule has 0 radical (unpaired) electrons. The lowest BCUT2D eigenvalue weighted by atomic mass is 9.97. The van der Waals surface area contributed by atoms with E-state index >= 15 is 0 Å². The smallest absolute Gasteiger partial charge is 0.443 e. The van der Waals surface area contributed by atoms with Crippen molar-refractivity contribution in [1.29, 1.82) is 0 Å². The predicted molar refractivity (Wildman–Crippen MR) is 202 cm³/mol. The first kappa shape index (κ1) is 41.0. The van der Waals surface area contributed by atoms with Crippen molar-refractivity contribution < 1.29 is 42.4 Å². The Labute approximate surface area is 314 Å². The van der Waals surface area contributed by atoms with Gasteiger partial charge in [-0.05, 0) is 95.7 Å². The molecule has 11 nitrogen and oxygen atoms in total. The first-order chi connectivity index (χ1) is 24.2. The quantitative estimate of drug-likeness (QED) is 0.0423. The summed E-state index contributed by atoms with van der Waals surface area (Å²) in [4.78, 5) is 43.3. The molecule has 0 aliphatic rings. The van der Waals surface area contributed by atoms with Gasteiger partial charge in [0.25, 0.3) is 0 Å². The maximum atomic E-state index is 13.1. The number of imidazole rings is 1. The Balaban J connectivity index is 1.74. The molecule has 52 heavy (non-hydrogen) atoms. The third-order valence-electron chi connectivity index (χ3n) is 7.56. The molecule has 3 aromatic carbocycles. The summed E-state index contributed by atoms with van der Waals surface area (Å²) in [5.74, 6) is -4.32. The fraction of sp³-hybridized carbons (Fsp3) is 0.421. The van der Waals surface area contributed by atoms with Crippen LogP contribution >= 0.6 is 32.0 Å². The Morgan fingerprint density at radius 3 is 1.90 bits per heavy atom. The second-order valence-electron chi connectivity index (χ2n) is 15.1. The lowest BCUT2D eigenvalue weighted by Crippen LogP contribution is -2.45. The number of nitrogens with zero attached hydrogens (tertiary/aromatic N) is 2. The molecule has 0 bridgehead atoms. The number of thioether (sulfide) groups is 1. The molecule has 0 amide bonds. The van der Waals surface area contributed by atoms with E-state index in [1.54, 1.807) is 72.9 Å². The highest BCUT2D eigenvalue weighted by molar-refractivity contribution is 7.99. The number of hydrogen-bond donors (Lipinski definition) is 0. The fourth-order valence-electron chi connectivity index (χ4n) is 4.47. The van der Waals surface area contributed by atoms with Gasteiger partial charge < -0.3 is 14.2 Å². The summed E-state index contributed by atoms with van der Waals surface area (Å²) in [5, 5.41) is 0.752. The lowest BCUT2D eigenvalue weighted by Gasteiger charge is -2.29. The summed E-state index contributed by atoms with van der Waals surface area (Å²) < 4.78 is 41.4. The minimum atomic E-state index is -2.26. The standard InChI is InChI=1S/C38H45ClN2O9PS/c1-35(2,3)31(42)46-22-41-30-20-28(39)27(26-17-15-25(16-18-26)24-13-11-10-12-14-24)19-29(30)40-34(41)52-21-38(50-51-45,49-33(44)37(7,8)9)48-23-47-32(43)36(4,5)6/h10-20,51H,21-23H2,1-9H3/q+1. The van der Waals surface area contributed by atoms with Crippen molar-refractivity contribution in [2.45, 2.75) is 80.2 Å². The molecule has 0 saturated heterocycles. The largest absolute Gasteiger partial charge is 0.500 e. The van der Waals surface area contributed by atoms with Gasteiger partial charge in [0.2, 0.25) is 0 Å². The van der Waals surface area contributed by atoms with Gasteiger partial charge >= 0.3 is 32.6 Å². The zero-order chi connectivity index (χ0) is 38.5. The van der Waals surface area contributed by atoms with Crippen LogP contribution in [0.2, 0.25) is 5.02 Å². The Kier molecular flexibility index (Phi) is 13.0. The molecule has 0 N–H and O–H groups in total. The molecular formula is C38H45ClN2O9PS+. The molecule has 0 fully saturated rings. The van der Waals surface area contributed by atoms with Crippen LogP contribution in [0, 0.1) is 16.2 Å². The number of rotatable bonds is 13. The average Bonchev–Trinajstić information content (AvgIpc) is 3.40. The number of halogens is 1. The molecule has 0 aliphatic carbocycles. The van der Waals surface area contributed by atoms with Crippen LogP contribution in [-0.2, 0) is 49.2 Å². The molecule has 2 unspecified atom stereocenters. The normalized spacial score (nSPS) is 13.5. The van der Waals surface area contributed by atoms with Crippen molar-refractivity contribution in [3.05, 3.63) is 71.8 Å². The number of benzene rings is 3. The zero-order valence-electron chi connectivity index (χ0n) is 30.8. The molecule has 0 saturated carbocycles. The second-order valence-corrected chi connectivity index (χ2v) is 16.9. The molecular weight excluding hydrogens is 727 g/mol. The molecule has 1 aromatic heterocycles. The Bertz CT molecular complexity index is 1910. The zero-order valence-corrected chi connectivity index (χ0v) is 33.4. The molecule has 14 heteroatoms. The van der Waals surface area contributed by atoms with E-state index in [0.717, 1.165) is 34.0 Å². The summed E-state index contributed by atoms with van der Waals surface area (Å²) in [7, 11) is -1.42. The van der Waals surface area contributed by atoms with Crippen LogP contribution in [0.1, 0.15) is 62.3 Å². The van der Waals surface area contributed by atoms with Crippen molar-refractivity contribution in [2.24, 2.45) is 16.2 Å². The number of ether oxygens (including phenoxy) is 4. The van der Waals surface area contributed by atoms with Gasteiger partial charge in [0.05, 0.1) is 38.1 Å². The molecule has 0 aliphatic heterocycles. The van der Waals surface area contributed by atoms with E-state index in [0.29, 0.717) is 21.2 Å². The van der Waals surface area contributed by atoms with Crippen molar-refractivity contribution in [2.75, 3.05) is 12.5 Å². The van der Waals surface area contributed by atoms with Crippen LogP contribution in [0.4, 0.5) is 0 Å². The highest BCUT2D eigenvalue weighted by Gasteiger charge is 2.46. The first-order valence-electron chi connectivity index (χ1n) is 16.5. The van der Waals surface area contributed by atoms with Gasteiger partial charge in [-0.2, -0.15) is 0 Å². The molecule has 4 aromatic rings. The lowest BCUT2D eigenvalue weighted by molar-refractivity contribution is -0.332. The topological polar surface area (TPSA) is 132 Å². The van der Waals surface area contributed by atoms with Gasteiger partial charge in [0.1, 0.15) is 0 Å². The number of fused-ring (bicyclic) bond motifs is 1. The number of carbonyl (C=O) groups is 3. The van der Waals surface area contributed by atoms with Gasteiger partial charge in [0.15, 0.2) is 18.7 Å².